The van der Waals surface area contributed by atoms with Crippen molar-refractivity contribution in [3.8, 4) is 11.1 Å². The first-order valence-electron chi connectivity index (χ1n) is 12.9. The van der Waals surface area contributed by atoms with E-state index in [1.54, 1.807) is 17.2 Å². The third kappa shape index (κ3) is 4.98. The van der Waals surface area contributed by atoms with Gasteiger partial charge in [-0.1, -0.05) is 18.2 Å². The van der Waals surface area contributed by atoms with Gasteiger partial charge in [0, 0.05) is 52.5 Å². The molecule has 10 heteroatoms. The zero-order chi connectivity index (χ0) is 28.0. The van der Waals surface area contributed by atoms with Crippen LogP contribution in [0.15, 0.2) is 67.1 Å². The lowest BCUT2D eigenvalue weighted by Crippen LogP contribution is -2.36. The van der Waals surface area contributed by atoms with Crippen LogP contribution in [-0.2, 0) is 6.18 Å². The Labute approximate surface area is 227 Å². The molecular weight excluding hydrogens is 519 g/mol. The fraction of sp³-hybridized carbons (Fsp3) is 0.233. The van der Waals surface area contributed by atoms with Crippen LogP contribution in [0, 0.1) is 6.92 Å². The average Bonchev–Trinajstić information content (AvgIpc) is 3.31. The summed E-state index contributed by atoms with van der Waals surface area (Å²) in [5.41, 5.74) is 4.20. The van der Waals surface area contributed by atoms with E-state index in [4.69, 9.17) is 0 Å². The van der Waals surface area contributed by atoms with Gasteiger partial charge in [-0.3, -0.25) is 4.79 Å². The van der Waals surface area contributed by atoms with Gasteiger partial charge in [0.25, 0.3) is 5.91 Å². The summed E-state index contributed by atoms with van der Waals surface area (Å²) in [6.07, 6.45) is -0.908. The van der Waals surface area contributed by atoms with Crippen LogP contribution < -0.4 is 10.2 Å². The van der Waals surface area contributed by atoms with E-state index < -0.39 is 23.8 Å². The topological polar surface area (TPSA) is 94.1 Å². The standard InChI is InChI=1S/C30H26F3N5O2/c1-17-2-4-21(14-25(17)18-3-5-24-26-15-34-16-35-28(26)37-27(24)12-18)36-29(40)19-10-20(30(31,32)33)13-22(11-19)38-8-6-23(39)7-9-38/h2-5,10-16,23,39H,6-9H2,1H3,(H,36,40)(H,34,35,37). The Morgan fingerprint density at radius 1 is 1.05 bits per heavy atom. The van der Waals surface area contributed by atoms with E-state index >= 15 is 0 Å². The van der Waals surface area contributed by atoms with Crippen LogP contribution >= 0.6 is 0 Å². The molecule has 3 heterocycles. The molecule has 0 spiro atoms. The number of H-pyrrole nitrogens is 1. The molecule has 0 atom stereocenters. The minimum atomic E-state index is -4.61. The van der Waals surface area contributed by atoms with Gasteiger partial charge in [0.05, 0.1) is 11.7 Å². The van der Waals surface area contributed by atoms with Gasteiger partial charge in [-0.2, -0.15) is 13.2 Å². The number of rotatable bonds is 4. The first-order valence-corrected chi connectivity index (χ1v) is 12.9. The van der Waals surface area contributed by atoms with Crippen molar-refractivity contribution in [3.63, 3.8) is 0 Å². The number of nitrogens with one attached hydrogen (secondary N) is 2. The number of aromatic amines is 1. The molecule has 204 valence electrons. The molecule has 1 fully saturated rings. The van der Waals surface area contributed by atoms with Gasteiger partial charge in [-0.05, 0) is 72.9 Å². The van der Waals surface area contributed by atoms with Gasteiger partial charge >= 0.3 is 6.18 Å². The summed E-state index contributed by atoms with van der Waals surface area (Å²) in [6, 6.07) is 14.8. The third-order valence-corrected chi connectivity index (χ3v) is 7.42. The van der Waals surface area contributed by atoms with Crippen molar-refractivity contribution in [2.45, 2.75) is 32.0 Å². The molecule has 1 aliphatic heterocycles. The Hall–Kier alpha value is -4.44. The quantitative estimate of drug-likeness (QED) is 0.246. The maximum absolute atomic E-state index is 13.7. The van der Waals surface area contributed by atoms with Gasteiger partial charge < -0.3 is 20.3 Å². The highest BCUT2D eigenvalue weighted by Crippen LogP contribution is 2.35. The van der Waals surface area contributed by atoms with Crippen LogP contribution in [0.5, 0.6) is 0 Å². The summed E-state index contributed by atoms with van der Waals surface area (Å²) >= 11 is 0. The van der Waals surface area contributed by atoms with Crippen molar-refractivity contribution in [1.29, 1.82) is 0 Å². The number of aromatic nitrogens is 3. The van der Waals surface area contributed by atoms with E-state index in [1.165, 1.54) is 12.4 Å². The molecule has 7 nitrogen and oxygen atoms in total. The van der Waals surface area contributed by atoms with Gasteiger partial charge in [-0.25, -0.2) is 9.97 Å². The molecule has 6 rings (SSSR count). The molecule has 0 bridgehead atoms. The first-order chi connectivity index (χ1) is 19.2. The Morgan fingerprint density at radius 2 is 1.85 bits per heavy atom. The highest BCUT2D eigenvalue weighted by Gasteiger charge is 2.33. The number of halogens is 3. The van der Waals surface area contributed by atoms with E-state index in [2.05, 4.69) is 20.3 Å². The van der Waals surface area contributed by atoms with E-state index in [1.807, 2.05) is 37.3 Å². The molecule has 40 heavy (non-hydrogen) atoms. The maximum atomic E-state index is 13.7. The molecule has 5 aromatic rings. The van der Waals surface area contributed by atoms with Crippen molar-refractivity contribution in [2.24, 2.45) is 0 Å². The molecule has 1 saturated heterocycles. The number of benzene rings is 3. The van der Waals surface area contributed by atoms with Crippen LogP contribution in [0.4, 0.5) is 24.5 Å². The predicted molar refractivity (Wildman–Crippen MR) is 148 cm³/mol. The highest BCUT2D eigenvalue weighted by molar-refractivity contribution is 6.07. The molecule has 1 amide bonds. The van der Waals surface area contributed by atoms with Gasteiger partial charge in [0.2, 0.25) is 0 Å². The number of hydrogen-bond donors (Lipinski definition) is 3. The van der Waals surface area contributed by atoms with Gasteiger partial charge in [0.15, 0.2) is 0 Å². The fourth-order valence-electron chi connectivity index (χ4n) is 5.23. The Bertz CT molecular complexity index is 1740. The third-order valence-electron chi connectivity index (χ3n) is 7.42. The SMILES string of the molecule is Cc1ccc(NC(=O)c2cc(N3CCC(O)CC3)cc(C(F)(F)F)c2)cc1-c1ccc2c(c1)[nH]c1ncncc12. The molecule has 1 aliphatic rings. The van der Waals surface area contributed by atoms with Crippen molar-refractivity contribution >= 4 is 39.2 Å². The molecule has 3 N–H and O–H groups in total. The lowest BCUT2D eigenvalue weighted by atomic mass is 9.98. The second-order valence-corrected chi connectivity index (χ2v) is 10.1. The smallest absolute Gasteiger partial charge is 0.393 e. The number of aliphatic hydroxyl groups is 1. The number of aryl methyl sites for hydroxylation is 1. The number of alkyl halides is 3. The van der Waals surface area contributed by atoms with Crippen LogP contribution in [-0.4, -0.2) is 45.2 Å². The van der Waals surface area contributed by atoms with Gasteiger partial charge in [-0.15, -0.1) is 0 Å². The summed E-state index contributed by atoms with van der Waals surface area (Å²) in [6.45, 7) is 2.78. The lowest BCUT2D eigenvalue weighted by Gasteiger charge is -2.32. The molecule has 0 radical (unpaired) electrons. The number of anilines is 2. The lowest BCUT2D eigenvalue weighted by molar-refractivity contribution is -0.137. The number of amides is 1. The number of nitrogens with zero attached hydrogens (tertiary/aromatic N) is 3. The first kappa shape index (κ1) is 25.8. The summed E-state index contributed by atoms with van der Waals surface area (Å²) in [4.78, 5) is 26.7. The maximum Gasteiger partial charge on any atom is 0.416 e. The second kappa shape index (κ2) is 9.95. The van der Waals surface area contributed by atoms with Crippen molar-refractivity contribution in [3.05, 3.63) is 83.8 Å². The molecule has 0 saturated carbocycles. The Balaban J connectivity index is 1.31. The van der Waals surface area contributed by atoms with Crippen molar-refractivity contribution in [2.75, 3.05) is 23.3 Å². The zero-order valence-corrected chi connectivity index (χ0v) is 21.6. The van der Waals surface area contributed by atoms with Crippen LogP contribution in [0.25, 0.3) is 33.1 Å². The van der Waals surface area contributed by atoms with E-state index in [0.717, 1.165) is 50.8 Å². The molecule has 3 aromatic carbocycles. The zero-order valence-electron chi connectivity index (χ0n) is 21.6. The predicted octanol–water partition coefficient (Wildman–Crippen LogP) is 6.32. The fourth-order valence-corrected chi connectivity index (χ4v) is 5.23. The van der Waals surface area contributed by atoms with Crippen molar-refractivity contribution in [1.82, 2.24) is 15.0 Å². The molecule has 0 aliphatic carbocycles. The van der Waals surface area contributed by atoms with E-state index in [0.29, 0.717) is 37.3 Å². The van der Waals surface area contributed by atoms with E-state index in [9.17, 15) is 23.1 Å². The summed E-state index contributed by atoms with van der Waals surface area (Å²) < 4.78 is 41.2. The largest absolute Gasteiger partial charge is 0.416 e. The van der Waals surface area contributed by atoms with E-state index in [-0.39, 0.29) is 5.56 Å². The Kier molecular flexibility index (Phi) is 6.42. The number of hydrogen-bond acceptors (Lipinski definition) is 5. The van der Waals surface area contributed by atoms with Gasteiger partial charge in [0.1, 0.15) is 12.0 Å². The molecule has 0 unspecified atom stereocenters. The minimum Gasteiger partial charge on any atom is -0.393 e. The van der Waals surface area contributed by atoms with Crippen molar-refractivity contribution < 1.29 is 23.1 Å². The summed E-state index contributed by atoms with van der Waals surface area (Å²) in [5.74, 6) is -0.635. The highest BCUT2D eigenvalue weighted by atomic mass is 19.4. The van der Waals surface area contributed by atoms with Crippen LogP contribution in [0.3, 0.4) is 0 Å². The molecule has 2 aromatic heterocycles. The summed E-state index contributed by atoms with van der Waals surface area (Å²) in [7, 11) is 0. The Morgan fingerprint density at radius 3 is 2.62 bits per heavy atom. The average molecular weight is 546 g/mol. The molecular formula is C30H26F3N5O2. The minimum absolute atomic E-state index is 0.0846. The normalized spacial score (nSPS) is 14.7. The van der Waals surface area contributed by atoms with Crippen LogP contribution in [0.2, 0.25) is 0 Å². The monoisotopic (exact) mass is 545 g/mol. The second-order valence-electron chi connectivity index (χ2n) is 10.1. The number of piperidine rings is 1. The number of fused-ring (bicyclic) bond motifs is 3. The number of carbonyl (C=O) groups is 1. The number of aliphatic hydroxyl groups excluding tert-OH is 1. The van der Waals surface area contributed by atoms with Crippen LogP contribution in [0.1, 0.15) is 34.3 Å². The number of carbonyl (C=O) groups excluding carboxylic acids is 1. The summed E-state index contributed by atoms with van der Waals surface area (Å²) in [5, 5.41) is 14.5.